The summed E-state index contributed by atoms with van der Waals surface area (Å²) in [5.41, 5.74) is 11.0. The first-order valence-corrected chi connectivity index (χ1v) is 37.7. The highest BCUT2D eigenvalue weighted by molar-refractivity contribution is 6.19. The lowest BCUT2D eigenvalue weighted by molar-refractivity contribution is -0.242. The highest BCUT2D eigenvalue weighted by Gasteiger charge is 2.41. The zero-order valence-corrected chi connectivity index (χ0v) is 64.0. The molecule has 3 aliphatic heterocycles. The SMILES string of the molecule is CNN(C)Cc1cc2cccnc2n1CCC(=O)N1CCC(NCCOCCOCCC(=O)Nc2ccc(C(=O)N[C@H](C(=O)C[C@@H](C)C(=O)Nc3ccc(COc4cc5c(c6ccccc46)[C@H](CCl)CN5C(=O)C4=Cc5cc(OCCN(C)C)ccc5C4)cc3)C(C)C)c(O[C@H]3OC[C@@H](O)[C@H](O)[C@H]3O)c2)CC1.O=C=O. The predicted octanol–water partition coefficient (Wildman–Crippen LogP) is 6.84. The van der Waals surface area contributed by atoms with E-state index in [0.29, 0.717) is 94.8 Å². The van der Waals surface area contributed by atoms with Crippen LogP contribution < -0.4 is 45.8 Å². The molecule has 0 saturated carbocycles. The van der Waals surface area contributed by atoms with Crippen LogP contribution in [0.15, 0.2) is 121 Å². The third-order valence-corrected chi connectivity index (χ3v) is 20.4. The average Bonchev–Trinajstić information content (AvgIpc) is 1.58. The lowest BCUT2D eigenvalue weighted by Gasteiger charge is -2.35. The Balaban J connectivity index is 0.00000422. The molecular weight excluding hydrogens is 1430 g/mol. The van der Waals surface area contributed by atoms with Gasteiger partial charge in [0.15, 0.2) is 5.78 Å². The van der Waals surface area contributed by atoms with Crippen LogP contribution in [0.2, 0.25) is 0 Å². The highest BCUT2D eigenvalue weighted by atomic mass is 35.5. The van der Waals surface area contributed by atoms with E-state index in [0.717, 1.165) is 80.6 Å². The average molecular weight is 1540 g/mol. The monoisotopic (exact) mass is 1530 g/mol. The number of amides is 5. The summed E-state index contributed by atoms with van der Waals surface area (Å²) >= 11 is 6.65. The Morgan fingerprint density at radius 3 is 2.25 bits per heavy atom. The number of nitrogens with zero attached hydrogens (tertiary/aromatic N) is 6. The number of ether oxygens (including phenoxy) is 6. The molecule has 2 saturated heterocycles. The van der Waals surface area contributed by atoms with Gasteiger partial charge in [-0.25, -0.2) is 9.99 Å². The Bertz CT molecular complexity index is 4410. The van der Waals surface area contributed by atoms with E-state index in [-0.39, 0.29) is 79.6 Å². The Morgan fingerprint density at radius 1 is 0.791 bits per heavy atom. The van der Waals surface area contributed by atoms with Crippen molar-refractivity contribution < 1.29 is 82.1 Å². The number of anilines is 3. The Labute approximate surface area is 644 Å². The number of Topliss-reactive ketones (excluding diaryl/α,β-unsaturated/α-hetero) is 1. The molecule has 11 rings (SSSR count). The van der Waals surface area contributed by atoms with Crippen LogP contribution in [0.1, 0.15) is 97.1 Å². The zero-order valence-electron chi connectivity index (χ0n) is 63.2. The number of aryl methyl sites for hydroxylation is 1. The van der Waals surface area contributed by atoms with Gasteiger partial charge in [0.2, 0.25) is 24.0 Å². The second-order valence-electron chi connectivity index (χ2n) is 28.5. The number of carbonyl (C=O) groups excluding carboxylic acids is 8. The number of aliphatic hydroxyl groups excluding tert-OH is 3. The summed E-state index contributed by atoms with van der Waals surface area (Å²) in [6.45, 7) is 10.9. The minimum atomic E-state index is -1.73. The van der Waals surface area contributed by atoms with Crippen molar-refractivity contribution >= 4 is 98.0 Å². The van der Waals surface area contributed by atoms with Crippen LogP contribution in [0.5, 0.6) is 17.2 Å². The molecule has 588 valence electrons. The number of carbonyl (C=O) groups is 6. The molecule has 0 spiro atoms. The van der Waals surface area contributed by atoms with E-state index in [2.05, 4.69) is 47.2 Å². The van der Waals surface area contributed by atoms with Crippen molar-refractivity contribution in [3.05, 3.63) is 154 Å². The lowest BCUT2D eigenvalue weighted by Crippen LogP contribution is -2.55. The molecule has 2 fully saturated rings. The van der Waals surface area contributed by atoms with Gasteiger partial charge in [-0.3, -0.25) is 34.2 Å². The molecule has 29 heteroatoms. The first-order chi connectivity index (χ1) is 53.0. The van der Waals surface area contributed by atoms with Crippen molar-refractivity contribution in [2.24, 2.45) is 11.8 Å². The van der Waals surface area contributed by atoms with Crippen LogP contribution in [0.3, 0.4) is 0 Å². The number of likely N-dealkylation sites (N-methyl/N-ethyl adjacent to an activating group) is 1. The fraction of sp³-hybridized carbons (Fsp3) is 0.457. The van der Waals surface area contributed by atoms with Crippen molar-refractivity contribution in [3.8, 4) is 17.2 Å². The minimum Gasteiger partial charge on any atom is -0.492 e. The number of benzene rings is 5. The van der Waals surface area contributed by atoms with Gasteiger partial charge in [0.25, 0.3) is 11.8 Å². The van der Waals surface area contributed by atoms with E-state index in [1.807, 2.05) is 122 Å². The van der Waals surface area contributed by atoms with E-state index >= 15 is 0 Å². The Kier molecular flexibility index (Phi) is 30.1. The molecule has 0 radical (unpaired) electrons. The number of nitrogens with one attached hydrogen (secondary N) is 5. The van der Waals surface area contributed by atoms with Crippen molar-refractivity contribution in [2.45, 2.75) is 122 Å². The lowest BCUT2D eigenvalue weighted by atomic mass is 9.92. The third-order valence-electron chi connectivity index (χ3n) is 20.0. The molecule has 2 aromatic heterocycles. The van der Waals surface area contributed by atoms with E-state index in [1.54, 1.807) is 39.1 Å². The fourth-order valence-corrected chi connectivity index (χ4v) is 14.1. The molecule has 7 atom stereocenters. The molecule has 5 aromatic carbocycles. The Hall–Kier alpha value is -9.52. The van der Waals surface area contributed by atoms with Crippen molar-refractivity contribution in [1.29, 1.82) is 0 Å². The maximum absolute atomic E-state index is 14.5. The number of hydrogen-bond acceptors (Lipinski definition) is 22. The number of rotatable bonds is 36. The molecule has 1 aliphatic carbocycles. The van der Waals surface area contributed by atoms with Crippen molar-refractivity contribution in [1.82, 2.24) is 40.4 Å². The molecule has 7 aromatic rings. The minimum absolute atomic E-state index is 0.0356. The second-order valence-corrected chi connectivity index (χ2v) is 28.9. The molecule has 5 heterocycles. The molecule has 4 aliphatic rings. The fourth-order valence-electron chi connectivity index (χ4n) is 13.9. The normalized spacial score (nSPS) is 18.1. The number of pyridine rings is 1. The number of likely N-dealkylation sites (tertiary alicyclic amines) is 1. The van der Waals surface area contributed by atoms with Gasteiger partial charge in [-0.2, -0.15) is 9.59 Å². The topological polar surface area (TPSA) is 344 Å². The van der Waals surface area contributed by atoms with Crippen molar-refractivity contribution in [3.63, 3.8) is 0 Å². The molecule has 5 amide bonds. The zero-order chi connectivity index (χ0) is 78.5. The summed E-state index contributed by atoms with van der Waals surface area (Å²) in [6.07, 6.45) is -0.0404. The van der Waals surface area contributed by atoms with E-state index in [9.17, 15) is 44.1 Å². The predicted molar refractivity (Wildman–Crippen MR) is 413 cm³/mol. The quantitative estimate of drug-likeness (QED) is 0.0113. The number of alkyl halides is 1. The summed E-state index contributed by atoms with van der Waals surface area (Å²) in [4.78, 5) is 110. The standard InChI is InChI=1S/C80H100ClN11O15.CO2/c1-49(2)73(66(93)37-50(3)77(99)86-58-17-14-51(15-18-58)47-105-68-43-65-72(63-13-9-8-12-62(63)68)56(44-81)45-92(65)79(101)55-38-52-16-20-61(41-54(52)39-55)104-34-31-88(5)6)87-78(100)64-21-19-59(42-69(64)107-80-75(98)74(97)67(94)48-106-80)85-70(95)25-32-102-35-36-103-33-27-83-57-22-28-90(29-23-57)71(96)24-30-91-60(46-89(7)82-4)40-53-11-10-26-84-76(53)91;2-1-3/h8-21,26,39-43,49-50,56-57,67,73-75,80,82-83,94,97-98H,22-25,27-38,44-48H2,1-7H3,(H,85,95)(H,86,99)(H,87,100);/t50-,56-,67-,73+,74+,75-,80-;/m1./s1. The van der Waals surface area contributed by atoms with Gasteiger partial charge in [0.1, 0.15) is 54.4 Å². The van der Waals surface area contributed by atoms with Gasteiger partial charge in [0.05, 0.1) is 63.3 Å². The number of hydrogen-bond donors (Lipinski definition) is 8. The molecule has 8 N–H and O–H groups in total. The van der Waals surface area contributed by atoms with Crippen LogP contribution in [-0.2, 0) is 73.9 Å². The Morgan fingerprint density at radius 2 is 1.53 bits per heavy atom. The highest BCUT2D eigenvalue weighted by Crippen LogP contribution is 2.47. The number of aliphatic hydroxyl groups is 3. The number of fused-ring (bicyclic) bond motifs is 5. The molecule has 110 heavy (non-hydrogen) atoms. The van der Waals surface area contributed by atoms with Gasteiger partial charge in [-0.1, -0.05) is 63.2 Å². The molecule has 0 unspecified atom stereocenters. The number of hydrazine groups is 1. The van der Waals surface area contributed by atoms with Crippen LogP contribution in [0.4, 0.5) is 17.1 Å². The van der Waals surface area contributed by atoms with Gasteiger partial charge in [-0.05, 0) is 128 Å². The number of halogens is 1. The number of aromatic nitrogens is 2. The molecular formula is C81H100ClN11O17. The van der Waals surface area contributed by atoms with Crippen LogP contribution in [0.25, 0.3) is 27.9 Å². The van der Waals surface area contributed by atoms with Gasteiger partial charge in [0, 0.05) is 141 Å². The van der Waals surface area contributed by atoms with E-state index < -0.39 is 72.6 Å². The number of piperidine rings is 1. The molecule has 28 nitrogen and oxygen atoms in total. The summed E-state index contributed by atoms with van der Waals surface area (Å²) in [7, 11) is 7.84. The largest absolute Gasteiger partial charge is 0.492 e. The summed E-state index contributed by atoms with van der Waals surface area (Å²) in [5, 5.41) is 48.4. The van der Waals surface area contributed by atoms with E-state index in [4.69, 9.17) is 49.6 Å². The van der Waals surface area contributed by atoms with Crippen LogP contribution in [-0.4, -0.2) is 224 Å². The van der Waals surface area contributed by atoms with Gasteiger partial charge in [-0.15, -0.1) is 11.6 Å². The first kappa shape index (κ1) is 83.0. The third kappa shape index (κ3) is 21.7. The van der Waals surface area contributed by atoms with Crippen molar-refractivity contribution in [2.75, 3.05) is 122 Å². The smallest absolute Gasteiger partial charge is 0.373 e. The van der Waals surface area contributed by atoms with Crippen LogP contribution in [0, 0.1) is 11.8 Å². The summed E-state index contributed by atoms with van der Waals surface area (Å²) in [6, 6.07) is 32.5. The second kappa shape index (κ2) is 39.9. The first-order valence-electron chi connectivity index (χ1n) is 37.2. The maximum Gasteiger partial charge on any atom is 0.373 e. The maximum atomic E-state index is 14.5. The van der Waals surface area contributed by atoms with Crippen LogP contribution >= 0.6 is 11.6 Å². The summed E-state index contributed by atoms with van der Waals surface area (Å²) in [5.74, 6) is -1.84. The van der Waals surface area contributed by atoms with E-state index in [1.165, 1.54) is 18.2 Å². The summed E-state index contributed by atoms with van der Waals surface area (Å²) < 4.78 is 37.7. The van der Waals surface area contributed by atoms with Gasteiger partial charge >= 0.3 is 6.15 Å². The number of ketones is 1. The van der Waals surface area contributed by atoms with Gasteiger partial charge < -0.3 is 84.3 Å². The molecule has 0 bridgehead atoms.